The van der Waals surface area contributed by atoms with Gasteiger partial charge < -0.3 is 10.2 Å². The summed E-state index contributed by atoms with van der Waals surface area (Å²) < 4.78 is 26.7. The van der Waals surface area contributed by atoms with Crippen LogP contribution in [0, 0.1) is 6.92 Å². The van der Waals surface area contributed by atoms with Crippen LogP contribution < -0.4 is 9.62 Å². The van der Waals surface area contributed by atoms with Crippen LogP contribution in [0.3, 0.4) is 0 Å². The quantitative estimate of drug-likeness (QED) is 0.223. The van der Waals surface area contributed by atoms with Crippen LogP contribution in [0.2, 0.25) is 10.0 Å². The van der Waals surface area contributed by atoms with E-state index in [-0.39, 0.29) is 43.8 Å². The van der Waals surface area contributed by atoms with Crippen LogP contribution in [-0.2, 0) is 32.6 Å². The van der Waals surface area contributed by atoms with Gasteiger partial charge in [-0.15, -0.1) is 0 Å². The van der Waals surface area contributed by atoms with E-state index in [1.54, 1.807) is 35.2 Å². The third kappa shape index (κ3) is 9.48. The average molecular weight is 633 g/mol. The number of amides is 2. The van der Waals surface area contributed by atoms with Gasteiger partial charge in [0, 0.05) is 42.0 Å². The smallest absolute Gasteiger partial charge is 0.243 e. The van der Waals surface area contributed by atoms with Gasteiger partial charge in [0.15, 0.2) is 0 Å². The lowest BCUT2D eigenvalue weighted by Crippen LogP contribution is -2.52. The Kier molecular flexibility index (Phi) is 12.3. The van der Waals surface area contributed by atoms with Gasteiger partial charge in [0.05, 0.1) is 11.9 Å². The lowest BCUT2D eigenvalue weighted by molar-refractivity contribution is -0.141. The summed E-state index contributed by atoms with van der Waals surface area (Å²) >= 11 is 12.6. The number of anilines is 1. The summed E-state index contributed by atoms with van der Waals surface area (Å²) in [5.74, 6) is -0.538. The number of nitrogens with zero attached hydrogens (tertiary/aromatic N) is 2. The van der Waals surface area contributed by atoms with E-state index in [0.717, 1.165) is 23.8 Å². The molecule has 0 aliphatic rings. The summed E-state index contributed by atoms with van der Waals surface area (Å²) in [6.07, 6.45) is 2.49. The molecule has 0 unspecified atom stereocenters. The molecule has 2 amide bonds. The van der Waals surface area contributed by atoms with Gasteiger partial charge in [-0.3, -0.25) is 13.9 Å². The van der Waals surface area contributed by atoms with Gasteiger partial charge in [-0.05, 0) is 61.6 Å². The second kappa shape index (κ2) is 15.4. The highest BCUT2D eigenvalue weighted by Gasteiger charge is 2.31. The van der Waals surface area contributed by atoms with E-state index in [4.69, 9.17) is 23.2 Å². The average Bonchev–Trinajstić information content (AvgIpc) is 2.94. The maximum absolute atomic E-state index is 14.0. The third-order valence-corrected chi connectivity index (χ3v) is 8.93. The summed E-state index contributed by atoms with van der Waals surface area (Å²) in [5.41, 5.74) is 2.95. The predicted octanol–water partition coefficient (Wildman–Crippen LogP) is 6.40. The van der Waals surface area contributed by atoms with Crippen molar-refractivity contribution in [1.29, 1.82) is 0 Å². The Morgan fingerprint density at radius 3 is 2.26 bits per heavy atom. The summed E-state index contributed by atoms with van der Waals surface area (Å²) in [6.45, 7) is 5.96. The number of nitrogens with one attached hydrogen (secondary N) is 1. The number of sulfonamides is 1. The van der Waals surface area contributed by atoms with Crippen molar-refractivity contribution in [2.24, 2.45) is 0 Å². The first-order valence-corrected chi connectivity index (χ1v) is 16.6. The second-order valence-corrected chi connectivity index (χ2v) is 13.3. The van der Waals surface area contributed by atoms with E-state index in [9.17, 15) is 18.0 Å². The number of aryl methyl sites for hydroxylation is 1. The molecular weight excluding hydrogens is 593 g/mol. The minimum atomic E-state index is -3.59. The molecule has 2 atom stereocenters. The molecule has 226 valence electrons. The first-order chi connectivity index (χ1) is 19.9. The highest BCUT2D eigenvalue weighted by molar-refractivity contribution is 7.92. The van der Waals surface area contributed by atoms with Crippen molar-refractivity contribution >= 4 is 50.7 Å². The molecule has 1 N–H and O–H groups in total. The molecule has 0 spiro atoms. The standard InChI is InChI=1S/C32H39Cl2N3O4S/c1-5-24(3)35-32(39)30(20-25-13-7-6-8-14-25)36(22-26-17-18-27(33)21-28(26)34)31(38)16-11-19-37(42(4,40)41)29-15-10-9-12-23(29)2/h6-10,12-15,17-18,21,24,30H,5,11,16,19-20,22H2,1-4H3,(H,35,39)/t24-,30+/m0/s1. The molecular formula is C32H39Cl2N3O4S. The summed E-state index contributed by atoms with van der Waals surface area (Å²) in [5, 5.41) is 3.90. The monoisotopic (exact) mass is 631 g/mol. The van der Waals surface area contributed by atoms with Crippen LogP contribution in [0.25, 0.3) is 0 Å². The van der Waals surface area contributed by atoms with Crippen molar-refractivity contribution in [2.75, 3.05) is 17.1 Å². The Balaban J connectivity index is 1.93. The van der Waals surface area contributed by atoms with Gasteiger partial charge in [-0.2, -0.15) is 0 Å². The number of rotatable bonds is 14. The first kappa shape index (κ1) is 33.4. The minimum Gasteiger partial charge on any atom is -0.352 e. The summed E-state index contributed by atoms with van der Waals surface area (Å²) in [4.78, 5) is 29.2. The van der Waals surface area contributed by atoms with E-state index < -0.39 is 16.1 Å². The number of benzene rings is 3. The molecule has 0 saturated heterocycles. The Morgan fingerprint density at radius 2 is 1.64 bits per heavy atom. The second-order valence-electron chi connectivity index (χ2n) is 10.5. The molecule has 3 aromatic rings. The van der Waals surface area contributed by atoms with Gasteiger partial charge in [0.2, 0.25) is 21.8 Å². The van der Waals surface area contributed by atoms with Gasteiger partial charge in [-0.1, -0.05) is 84.7 Å². The Labute approximate surface area is 259 Å². The van der Waals surface area contributed by atoms with Crippen LogP contribution in [0.5, 0.6) is 0 Å². The van der Waals surface area contributed by atoms with Gasteiger partial charge >= 0.3 is 0 Å². The molecule has 3 rings (SSSR count). The van der Waals surface area contributed by atoms with Crippen molar-refractivity contribution < 1.29 is 18.0 Å². The number of halogens is 2. The van der Waals surface area contributed by atoms with E-state index in [0.29, 0.717) is 27.7 Å². The minimum absolute atomic E-state index is 0.0327. The maximum atomic E-state index is 14.0. The molecule has 0 aromatic heterocycles. The van der Waals surface area contributed by atoms with Crippen LogP contribution >= 0.6 is 23.2 Å². The van der Waals surface area contributed by atoms with E-state index >= 15 is 0 Å². The van der Waals surface area contributed by atoms with Gasteiger partial charge in [-0.25, -0.2) is 8.42 Å². The maximum Gasteiger partial charge on any atom is 0.243 e. The summed E-state index contributed by atoms with van der Waals surface area (Å²) in [7, 11) is -3.59. The molecule has 0 aliphatic carbocycles. The topological polar surface area (TPSA) is 86.8 Å². The zero-order chi connectivity index (χ0) is 30.9. The fourth-order valence-corrected chi connectivity index (χ4v) is 6.15. The zero-order valence-corrected chi connectivity index (χ0v) is 26.8. The Morgan fingerprint density at radius 1 is 0.976 bits per heavy atom. The molecule has 0 radical (unpaired) electrons. The molecule has 0 aliphatic heterocycles. The molecule has 0 saturated carbocycles. The molecule has 10 heteroatoms. The van der Waals surface area contributed by atoms with Crippen molar-refractivity contribution in [3.8, 4) is 0 Å². The highest BCUT2D eigenvalue weighted by atomic mass is 35.5. The van der Waals surface area contributed by atoms with Crippen LogP contribution in [0.15, 0.2) is 72.8 Å². The lowest BCUT2D eigenvalue weighted by atomic mass is 10.0. The van der Waals surface area contributed by atoms with E-state index in [1.165, 1.54) is 4.31 Å². The normalized spacial score (nSPS) is 12.8. The number of para-hydroxylation sites is 1. The van der Waals surface area contributed by atoms with Crippen LogP contribution in [0.1, 0.15) is 49.8 Å². The fourth-order valence-electron chi connectivity index (χ4n) is 4.65. The molecule has 42 heavy (non-hydrogen) atoms. The SMILES string of the molecule is CC[C@H](C)NC(=O)[C@@H](Cc1ccccc1)N(Cc1ccc(Cl)cc1Cl)C(=O)CCCN(c1ccccc1C)S(C)(=O)=O. The Bertz CT molecular complexity index is 1470. The zero-order valence-electron chi connectivity index (χ0n) is 24.5. The van der Waals surface area contributed by atoms with Crippen molar-refractivity contribution in [1.82, 2.24) is 10.2 Å². The van der Waals surface area contributed by atoms with Crippen molar-refractivity contribution in [3.63, 3.8) is 0 Å². The predicted molar refractivity (Wildman–Crippen MR) is 171 cm³/mol. The lowest BCUT2D eigenvalue weighted by Gasteiger charge is -2.33. The number of hydrogen-bond donors (Lipinski definition) is 1. The first-order valence-electron chi connectivity index (χ1n) is 14.0. The number of carbonyl (C=O) groups is 2. The largest absolute Gasteiger partial charge is 0.352 e. The molecule has 3 aromatic carbocycles. The van der Waals surface area contributed by atoms with Crippen molar-refractivity contribution in [2.45, 2.75) is 65.1 Å². The number of hydrogen-bond acceptors (Lipinski definition) is 4. The third-order valence-electron chi connectivity index (χ3n) is 7.16. The summed E-state index contributed by atoms with van der Waals surface area (Å²) in [6, 6.07) is 20.9. The Hall–Kier alpha value is -3.07. The van der Waals surface area contributed by atoms with Crippen molar-refractivity contribution in [3.05, 3.63) is 99.5 Å². The highest BCUT2D eigenvalue weighted by Crippen LogP contribution is 2.26. The molecule has 7 nitrogen and oxygen atoms in total. The van der Waals surface area contributed by atoms with Crippen LogP contribution in [0.4, 0.5) is 5.69 Å². The molecule has 0 heterocycles. The fraction of sp³-hybridized carbons (Fsp3) is 0.375. The molecule has 0 bridgehead atoms. The van der Waals surface area contributed by atoms with E-state index in [1.807, 2.05) is 63.2 Å². The van der Waals surface area contributed by atoms with Gasteiger partial charge in [0.1, 0.15) is 6.04 Å². The molecule has 0 fully saturated rings. The van der Waals surface area contributed by atoms with Gasteiger partial charge in [0.25, 0.3) is 0 Å². The van der Waals surface area contributed by atoms with Crippen LogP contribution in [-0.4, -0.2) is 50.0 Å². The number of carbonyl (C=O) groups excluding carboxylic acids is 2. The van der Waals surface area contributed by atoms with E-state index in [2.05, 4.69) is 5.32 Å².